The largest absolute Gasteiger partial charge is 0.236 e. The molecule has 35 heavy (non-hydrogen) atoms. The van der Waals surface area contributed by atoms with E-state index in [0.29, 0.717) is 0 Å². The van der Waals surface area contributed by atoms with E-state index >= 15 is 0 Å². The van der Waals surface area contributed by atoms with E-state index in [1.54, 1.807) is 34.0 Å². The first kappa shape index (κ1) is 22.9. The van der Waals surface area contributed by atoms with Gasteiger partial charge in [0.05, 0.1) is 16.3 Å². The van der Waals surface area contributed by atoms with Crippen LogP contribution in [0.25, 0.3) is 53.1 Å². The van der Waals surface area contributed by atoms with Crippen LogP contribution in [0.15, 0.2) is 72.8 Å². The van der Waals surface area contributed by atoms with E-state index < -0.39 is 0 Å². The minimum atomic E-state index is 0.726. The Morgan fingerprint density at radius 3 is 1.71 bits per heavy atom. The number of benzene rings is 3. The van der Waals surface area contributed by atoms with Crippen molar-refractivity contribution < 1.29 is 0 Å². The molecule has 0 unspecified atom stereocenters. The van der Waals surface area contributed by atoms with Crippen molar-refractivity contribution >= 4 is 67.3 Å². The summed E-state index contributed by atoms with van der Waals surface area (Å²) in [5.74, 6) is 0. The first-order valence-corrected chi connectivity index (χ1v) is 14.2. The Morgan fingerprint density at radius 2 is 1.11 bits per heavy atom. The Kier molecular flexibility index (Phi) is 5.99. The third kappa shape index (κ3) is 4.22. The Bertz CT molecular complexity index is 1680. The Balaban J connectivity index is 1.54. The molecular weight excluding hydrogens is 531 g/mol. The van der Waals surface area contributed by atoms with Crippen LogP contribution in [0.4, 0.5) is 0 Å². The van der Waals surface area contributed by atoms with Gasteiger partial charge in [-0.3, -0.25) is 0 Å². The first-order valence-electron chi connectivity index (χ1n) is 11.0. The summed E-state index contributed by atoms with van der Waals surface area (Å²) in [5, 5.41) is 4.65. The van der Waals surface area contributed by atoms with E-state index in [1.807, 2.05) is 48.5 Å². The molecule has 0 bridgehead atoms. The predicted octanol–water partition coefficient (Wildman–Crippen LogP) is 10.4. The number of aryl methyl sites for hydroxylation is 2. The number of thiophene rings is 1. The first-order chi connectivity index (χ1) is 17.0. The van der Waals surface area contributed by atoms with Crippen LogP contribution in [0, 0.1) is 13.8 Å². The van der Waals surface area contributed by atoms with Crippen LogP contribution in [0.5, 0.6) is 0 Å². The van der Waals surface area contributed by atoms with Gasteiger partial charge in [-0.25, -0.2) is 9.97 Å². The van der Waals surface area contributed by atoms with Gasteiger partial charge in [0, 0.05) is 46.6 Å². The molecule has 0 aliphatic heterocycles. The van der Waals surface area contributed by atoms with Crippen molar-refractivity contribution in [2.45, 2.75) is 13.8 Å². The average molecular weight is 550 g/mol. The SMILES string of the molecule is Cc1sc(-c2ccc(Cl)cc2)nc1-c1sc2ccccc2c1-c1nc(-c2ccc(Cl)cc2)sc1C. The molecular formula is C28H18Cl2N2S3. The average Bonchev–Trinajstić information content (AvgIpc) is 3.54. The fourth-order valence-corrected chi connectivity index (χ4v) is 7.53. The molecule has 0 fully saturated rings. The molecule has 172 valence electrons. The van der Waals surface area contributed by atoms with Gasteiger partial charge in [0.15, 0.2) is 0 Å². The van der Waals surface area contributed by atoms with Gasteiger partial charge in [-0.05, 0) is 44.2 Å². The highest BCUT2D eigenvalue weighted by Crippen LogP contribution is 2.48. The van der Waals surface area contributed by atoms with Crippen molar-refractivity contribution in [1.29, 1.82) is 0 Å². The molecule has 7 heteroatoms. The highest BCUT2D eigenvalue weighted by molar-refractivity contribution is 7.23. The Hall–Kier alpha value is -2.54. The number of hydrogen-bond donors (Lipinski definition) is 0. The summed E-state index contributed by atoms with van der Waals surface area (Å²) in [7, 11) is 0. The summed E-state index contributed by atoms with van der Waals surface area (Å²) >= 11 is 17.4. The fourth-order valence-electron chi connectivity index (χ4n) is 4.11. The molecule has 6 aromatic rings. The van der Waals surface area contributed by atoms with Gasteiger partial charge >= 0.3 is 0 Å². The molecule has 0 N–H and O–H groups in total. The summed E-state index contributed by atoms with van der Waals surface area (Å²) in [6, 6.07) is 24.3. The van der Waals surface area contributed by atoms with Crippen LogP contribution in [0.3, 0.4) is 0 Å². The topological polar surface area (TPSA) is 25.8 Å². The standard InChI is InChI=1S/C28H18Cl2N2S3/c1-15-24(31-27(33-15)17-7-11-19(29)12-8-17)23-21-5-3-4-6-22(21)35-26(23)25-16(2)34-28(32-25)18-9-13-20(30)14-10-18/h3-14H,1-2H3. The number of thiazole rings is 2. The minimum Gasteiger partial charge on any atom is -0.236 e. The summed E-state index contributed by atoms with van der Waals surface area (Å²) in [4.78, 5) is 13.8. The van der Waals surface area contributed by atoms with Crippen molar-refractivity contribution in [3.63, 3.8) is 0 Å². The van der Waals surface area contributed by atoms with Crippen molar-refractivity contribution in [3.05, 3.63) is 92.6 Å². The number of nitrogens with zero attached hydrogens (tertiary/aromatic N) is 2. The van der Waals surface area contributed by atoms with Crippen LogP contribution in [-0.4, -0.2) is 9.97 Å². The molecule has 6 rings (SSSR count). The van der Waals surface area contributed by atoms with E-state index in [9.17, 15) is 0 Å². The lowest BCUT2D eigenvalue weighted by molar-refractivity contribution is 1.36. The highest BCUT2D eigenvalue weighted by atomic mass is 35.5. The van der Waals surface area contributed by atoms with Gasteiger partial charge in [-0.15, -0.1) is 34.0 Å². The maximum Gasteiger partial charge on any atom is 0.124 e. The lowest BCUT2D eigenvalue weighted by Gasteiger charge is -2.03. The number of rotatable bonds is 4. The summed E-state index contributed by atoms with van der Waals surface area (Å²) in [6.07, 6.45) is 0. The lowest BCUT2D eigenvalue weighted by Crippen LogP contribution is -1.86. The number of halogens is 2. The minimum absolute atomic E-state index is 0.726. The van der Waals surface area contributed by atoms with Crippen molar-refractivity contribution in [3.8, 4) is 43.0 Å². The second-order valence-electron chi connectivity index (χ2n) is 8.16. The predicted molar refractivity (Wildman–Crippen MR) is 154 cm³/mol. The van der Waals surface area contributed by atoms with Crippen molar-refractivity contribution in [1.82, 2.24) is 9.97 Å². The maximum atomic E-state index is 6.11. The smallest absolute Gasteiger partial charge is 0.124 e. The summed E-state index contributed by atoms with van der Waals surface area (Å²) in [6.45, 7) is 4.29. The molecule has 0 aliphatic rings. The van der Waals surface area contributed by atoms with E-state index in [1.165, 1.54) is 19.8 Å². The number of aromatic nitrogens is 2. The van der Waals surface area contributed by atoms with E-state index in [2.05, 4.69) is 38.1 Å². The molecule has 0 aliphatic carbocycles. The second kappa shape index (κ2) is 9.16. The van der Waals surface area contributed by atoms with Crippen LogP contribution in [0.2, 0.25) is 10.0 Å². The van der Waals surface area contributed by atoms with Gasteiger partial charge in [0.1, 0.15) is 10.0 Å². The molecule has 0 saturated carbocycles. The molecule has 2 nitrogen and oxygen atoms in total. The van der Waals surface area contributed by atoms with Gasteiger partial charge in [-0.1, -0.05) is 65.7 Å². The molecule has 0 saturated heterocycles. The Morgan fingerprint density at radius 1 is 0.600 bits per heavy atom. The zero-order valence-electron chi connectivity index (χ0n) is 18.8. The zero-order valence-corrected chi connectivity index (χ0v) is 22.8. The van der Waals surface area contributed by atoms with Gasteiger partial charge in [-0.2, -0.15) is 0 Å². The monoisotopic (exact) mass is 548 g/mol. The van der Waals surface area contributed by atoms with Gasteiger partial charge < -0.3 is 0 Å². The van der Waals surface area contributed by atoms with Crippen LogP contribution < -0.4 is 0 Å². The third-order valence-electron chi connectivity index (χ3n) is 5.82. The molecule has 0 atom stereocenters. The second-order valence-corrected chi connectivity index (χ2v) is 12.5. The molecule has 0 amide bonds. The fraction of sp³-hybridized carbons (Fsp3) is 0.0714. The molecule has 0 radical (unpaired) electrons. The highest BCUT2D eigenvalue weighted by Gasteiger charge is 2.24. The van der Waals surface area contributed by atoms with Crippen molar-refractivity contribution in [2.75, 3.05) is 0 Å². The molecule has 0 spiro atoms. The van der Waals surface area contributed by atoms with Crippen LogP contribution >= 0.6 is 57.2 Å². The van der Waals surface area contributed by atoms with Crippen molar-refractivity contribution in [2.24, 2.45) is 0 Å². The van der Waals surface area contributed by atoms with Gasteiger partial charge in [0.2, 0.25) is 0 Å². The quantitative estimate of drug-likeness (QED) is 0.219. The Labute approximate surface area is 225 Å². The normalized spacial score (nSPS) is 11.4. The molecule has 3 aromatic carbocycles. The third-order valence-corrected chi connectivity index (χ3v) is 9.54. The maximum absolute atomic E-state index is 6.11. The van der Waals surface area contributed by atoms with Crippen LogP contribution in [0.1, 0.15) is 9.75 Å². The zero-order chi connectivity index (χ0) is 24.1. The van der Waals surface area contributed by atoms with E-state index in [4.69, 9.17) is 33.2 Å². The number of hydrogen-bond acceptors (Lipinski definition) is 5. The van der Waals surface area contributed by atoms with Gasteiger partial charge in [0.25, 0.3) is 0 Å². The van der Waals surface area contributed by atoms with E-state index in [-0.39, 0.29) is 0 Å². The van der Waals surface area contributed by atoms with E-state index in [0.717, 1.165) is 53.0 Å². The lowest BCUT2D eigenvalue weighted by atomic mass is 10.0. The molecule has 3 aromatic heterocycles. The van der Waals surface area contributed by atoms with Crippen LogP contribution in [-0.2, 0) is 0 Å². The summed E-state index contributed by atoms with van der Waals surface area (Å²) < 4.78 is 1.23. The molecule has 3 heterocycles. The number of fused-ring (bicyclic) bond motifs is 1. The summed E-state index contributed by atoms with van der Waals surface area (Å²) in [5.41, 5.74) is 5.36.